The number of hydrazine groups is 1. The van der Waals surface area contributed by atoms with Crippen molar-refractivity contribution in [3.8, 4) is 0 Å². The average Bonchev–Trinajstić information content (AvgIpc) is 2.65. The first-order valence-electron chi connectivity index (χ1n) is 7.16. The van der Waals surface area contributed by atoms with E-state index in [1.807, 2.05) is 0 Å². The monoisotopic (exact) mass is 274 g/mol. The van der Waals surface area contributed by atoms with Gasteiger partial charge in [-0.15, -0.1) is 0 Å². The molecule has 0 aromatic heterocycles. The van der Waals surface area contributed by atoms with E-state index >= 15 is 0 Å². The standard InChI is InChI=1S/C13H26N2O2S/c1-10-3-2-4-12(7-10)13(15-14)8-11-5-6-18(16,17)9-11/h10-13,15H,2-9,14H2,1H3. The fourth-order valence-electron chi connectivity index (χ4n) is 3.66. The van der Waals surface area contributed by atoms with E-state index in [0.717, 1.165) is 18.8 Å². The van der Waals surface area contributed by atoms with Crippen LogP contribution in [-0.2, 0) is 9.84 Å². The molecule has 106 valence electrons. The topological polar surface area (TPSA) is 72.2 Å². The van der Waals surface area contributed by atoms with Crippen LogP contribution in [0.15, 0.2) is 0 Å². The normalized spacial score (nSPS) is 37.6. The first kappa shape index (κ1) is 14.3. The molecule has 2 rings (SSSR count). The lowest BCUT2D eigenvalue weighted by atomic mass is 9.76. The number of hydrogen-bond acceptors (Lipinski definition) is 4. The van der Waals surface area contributed by atoms with Crippen molar-refractivity contribution >= 4 is 9.84 Å². The number of nitrogens with two attached hydrogens (primary N) is 1. The SMILES string of the molecule is CC1CCCC(C(CC2CCS(=O)(=O)C2)NN)C1. The van der Waals surface area contributed by atoms with Gasteiger partial charge in [-0.05, 0) is 43.4 Å². The lowest BCUT2D eigenvalue weighted by Gasteiger charge is -2.34. The van der Waals surface area contributed by atoms with Gasteiger partial charge in [0.2, 0.25) is 0 Å². The summed E-state index contributed by atoms with van der Waals surface area (Å²) in [4.78, 5) is 0. The van der Waals surface area contributed by atoms with E-state index in [2.05, 4.69) is 12.3 Å². The van der Waals surface area contributed by atoms with Gasteiger partial charge in [0, 0.05) is 6.04 Å². The molecule has 1 heterocycles. The highest BCUT2D eigenvalue weighted by atomic mass is 32.2. The maximum Gasteiger partial charge on any atom is 0.150 e. The Labute approximate surface area is 111 Å². The fourth-order valence-corrected chi connectivity index (χ4v) is 5.54. The summed E-state index contributed by atoms with van der Waals surface area (Å²) in [7, 11) is -2.76. The molecule has 0 aromatic carbocycles. The minimum absolute atomic E-state index is 0.297. The van der Waals surface area contributed by atoms with E-state index < -0.39 is 9.84 Å². The van der Waals surface area contributed by atoms with E-state index in [4.69, 9.17) is 5.84 Å². The third-order valence-electron chi connectivity index (χ3n) is 4.67. The van der Waals surface area contributed by atoms with Gasteiger partial charge in [0.15, 0.2) is 9.84 Å². The lowest BCUT2D eigenvalue weighted by Crippen LogP contribution is -2.43. The molecule has 2 aliphatic rings. The summed E-state index contributed by atoms with van der Waals surface area (Å²) in [6, 6.07) is 0.297. The summed E-state index contributed by atoms with van der Waals surface area (Å²) >= 11 is 0. The van der Waals surface area contributed by atoms with Gasteiger partial charge in [-0.1, -0.05) is 19.8 Å². The molecule has 0 bridgehead atoms. The Morgan fingerprint density at radius 3 is 2.67 bits per heavy atom. The first-order chi connectivity index (χ1) is 8.50. The Morgan fingerprint density at radius 2 is 2.11 bits per heavy atom. The predicted octanol–water partition coefficient (Wildman–Crippen LogP) is 1.47. The highest BCUT2D eigenvalue weighted by Crippen LogP contribution is 2.34. The Kier molecular flexibility index (Phi) is 4.67. The Balaban J connectivity index is 1.89. The molecule has 0 amide bonds. The smallest absolute Gasteiger partial charge is 0.150 e. The molecule has 5 heteroatoms. The van der Waals surface area contributed by atoms with Crippen LogP contribution in [0.25, 0.3) is 0 Å². The molecular weight excluding hydrogens is 248 g/mol. The number of rotatable bonds is 4. The summed E-state index contributed by atoms with van der Waals surface area (Å²) in [6.07, 6.45) is 6.82. The van der Waals surface area contributed by atoms with Crippen LogP contribution in [0.3, 0.4) is 0 Å². The second-order valence-electron chi connectivity index (χ2n) is 6.31. The van der Waals surface area contributed by atoms with E-state index in [0.29, 0.717) is 29.4 Å². The molecule has 1 aliphatic carbocycles. The summed E-state index contributed by atoms with van der Waals surface area (Å²) < 4.78 is 23.0. The first-order valence-corrected chi connectivity index (χ1v) is 8.99. The second kappa shape index (κ2) is 5.88. The number of sulfone groups is 1. The predicted molar refractivity (Wildman–Crippen MR) is 73.6 cm³/mol. The largest absolute Gasteiger partial charge is 0.271 e. The molecule has 3 N–H and O–H groups in total. The van der Waals surface area contributed by atoms with Gasteiger partial charge >= 0.3 is 0 Å². The number of nitrogens with one attached hydrogen (secondary N) is 1. The summed E-state index contributed by atoms with van der Waals surface area (Å²) in [5.41, 5.74) is 2.95. The van der Waals surface area contributed by atoms with Gasteiger partial charge in [0.05, 0.1) is 11.5 Å². The Morgan fingerprint density at radius 1 is 1.33 bits per heavy atom. The van der Waals surface area contributed by atoms with Crippen LogP contribution in [0, 0.1) is 17.8 Å². The van der Waals surface area contributed by atoms with Crippen LogP contribution in [-0.4, -0.2) is 26.0 Å². The van der Waals surface area contributed by atoms with Gasteiger partial charge in [0.25, 0.3) is 0 Å². The quantitative estimate of drug-likeness (QED) is 0.601. The highest BCUT2D eigenvalue weighted by molar-refractivity contribution is 7.91. The summed E-state index contributed by atoms with van der Waals surface area (Å²) in [6.45, 7) is 2.31. The number of hydrogen-bond donors (Lipinski definition) is 2. The molecule has 18 heavy (non-hydrogen) atoms. The van der Waals surface area contributed by atoms with Crippen molar-refractivity contribution in [2.45, 2.75) is 51.5 Å². The van der Waals surface area contributed by atoms with Gasteiger partial charge < -0.3 is 0 Å². The lowest BCUT2D eigenvalue weighted by molar-refractivity contribution is 0.203. The van der Waals surface area contributed by atoms with Crippen molar-refractivity contribution < 1.29 is 8.42 Å². The van der Waals surface area contributed by atoms with Gasteiger partial charge in [-0.3, -0.25) is 11.3 Å². The van der Waals surface area contributed by atoms with E-state index in [1.54, 1.807) is 0 Å². The molecule has 1 saturated heterocycles. The van der Waals surface area contributed by atoms with Crippen LogP contribution in [0.5, 0.6) is 0 Å². The van der Waals surface area contributed by atoms with Crippen LogP contribution in [0.1, 0.15) is 45.4 Å². The minimum atomic E-state index is -2.76. The molecule has 4 nitrogen and oxygen atoms in total. The van der Waals surface area contributed by atoms with Crippen molar-refractivity contribution in [1.29, 1.82) is 0 Å². The molecule has 0 radical (unpaired) electrons. The van der Waals surface area contributed by atoms with Crippen molar-refractivity contribution in [2.24, 2.45) is 23.6 Å². The maximum atomic E-state index is 11.5. The molecule has 0 spiro atoms. The van der Waals surface area contributed by atoms with Crippen LogP contribution >= 0.6 is 0 Å². The van der Waals surface area contributed by atoms with Gasteiger partial charge in [-0.2, -0.15) is 0 Å². The summed E-state index contributed by atoms with van der Waals surface area (Å²) in [5.74, 6) is 8.16. The zero-order chi connectivity index (χ0) is 13.2. The molecule has 4 unspecified atom stereocenters. The van der Waals surface area contributed by atoms with Gasteiger partial charge in [0.1, 0.15) is 0 Å². The molecule has 0 aromatic rings. The summed E-state index contributed by atoms with van der Waals surface area (Å²) in [5, 5.41) is 0. The molecule has 1 saturated carbocycles. The molecule has 4 atom stereocenters. The van der Waals surface area contributed by atoms with E-state index in [1.165, 1.54) is 25.7 Å². The minimum Gasteiger partial charge on any atom is -0.271 e. The van der Waals surface area contributed by atoms with Crippen molar-refractivity contribution in [2.75, 3.05) is 11.5 Å². The zero-order valence-corrected chi connectivity index (χ0v) is 12.1. The molecular formula is C13H26N2O2S. The Hall–Kier alpha value is -0.130. The van der Waals surface area contributed by atoms with Crippen molar-refractivity contribution in [1.82, 2.24) is 5.43 Å². The zero-order valence-electron chi connectivity index (χ0n) is 11.3. The molecule has 1 aliphatic heterocycles. The van der Waals surface area contributed by atoms with Crippen LogP contribution in [0.2, 0.25) is 0 Å². The highest BCUT2D eigenvalue weighted by Gasteiger charge is 2.33. The van der Waals surface area contributed by atoms with Crippen LogP contribution in [0.4, 0.5) is 0 Å². The second-order valence-corrected chi connectivity index (χ2v) is 8.54. The fraction of sp³-hybridized carbons (Fsp3) is 1.00. The van der Waals surface area contributed by atoms with Gasteiger partial charge in [-0.25, -0.2) is 8.42 Å². The molecule has 2 fully saturated rings. The third kappa shape index (κ3) is 3.68. The van der Waals surface area contributed by atoms with Crippen molar-refractivity contribution in [3.63, 3.8) is 0 Å². The van der Waals surface area contributed by atoms with E-state index in [-0.39, 0.29) is 0 Å². The van der Waals surface area contributed by atoms with Crippen molar-refractivity contribution in [3.05, 3.63) is 0 Å². The average molecular weight is 274 g/mol. The third-order valence-corrected chi connectivity index (χ3v) is 6.51. The van der Waals surface area contributed by atoms with Crippen LogP contribution < -0.4 is 11.3 Å². The van der Waals surface area contributed by atoms with E-state index in [9.17, 15) is 8.42 Å². The Bertz CT molecular complexity index is 369. The maximum absolute atomic E-state index is 11.5.